The van der Waals surface area contributed by atoms with Crippen molar-refractivity contribution < 1.29 is 4.52 Å². The van der Waals surface area contributed by atoms with Crippen LogP contribution >= 0.6 is 0 Å². The fraction of sp³-hybridized carbons (Fsp3) is 0.579. The zero-order chi connectivity index (χ0) is 16.4. The maximum Gasteiger partial charge on any atom is 0.229 e. The van der Waals surface area contributed by atoms with E-state index in [4.69, 9.17) is 10.3 Å². The van der Waals surface area contributed by atoms with Crippen LogP contribution in [0.1, 0.15) is 61.7 Å². The van der Waals surface area contributed by atoms with Crippen molar-refractivity contribution in [3.63, 3.8) is 0 Å². The molecule has 2 heterocycles. The van der Waals surface area contributed by atoms with Gasteiger partial charge in [-0.15, -0.1) is 0 Å². The van der Waals surface area contributed by atoms with E-state index in [1.165, 1.54) is 5.56 Å². The van der Waals surface area contributed by atoms with Gasteiger partial charge in [-0.2, -0.15) is 4.98 Å². The molecule has 1 aromatic carbocycles. The summed E-state index contributed by atoms with van der Waals surface area (Å²) in [5.74, 6) is 1.89. The normalized spacial score (nSPS) is 22.0. The van der Waals surface area contributed by atoms with Crippen molar-refractivity contribution in [2.24, 2.45) is 5.73 Å². The molecule has 1 saturated heterocycles. The number of benzene rings is 1. The van der Waals surface area contributed by atoms with Crippen LogP contribution in [0.25, 0.3) is 0 Å². The predicted octanol–water partition coefficient (Wildman–Crippen LogP) is 3.18. The minimum Gasteiger partial charge on any atom is -0.339 e. The average Bonchev–Trinajstić information content (AvgIpc) is 3.27. The van der Waals surface area contributed by atoms with E-state index in [1.54, 1.807) is 0 Å². The molecular formula is C19H26N4O. The first kappa shape index (κ1) is 15.8. The van der Waals surface area contributed by atoms with Crippen LogP contribution in [0.2, 0.25) is 0 Å². The van der Waals surface area contributed by atoms with Gasteiger partial charge in [0.05, 0.1) is 5.54 Å². The SMILES string of the molecule is NC1(c2noc(C3CCN(Cc4ccccc4)CC3)n2)CCCC1. The third-order valence-electron chi connectivity index (χ3n) is 5.57. The maximum absolute atomic E-state index is 6.44. The lowest BCUT2D eigenvalue weighted by Crippen LogP contribution is -2.34. The Morgan fingerprint density at radius 2 is 1.83 bits per heavy atom. The summed E-state index contributed by atoms with van der Waals surface area (Å²) in [6, 6.07) is 10.7. The molecule has 0 amide bonds. The second-order valence-corrected chi connectivity index (χ2v) is 7.36. The number of piperidine rings is 1. The summed E-state index contributed by atoms with van der Waals surface area (Å²) in [6.07, 6.45) is 6.43. The van der Waals surface area contributed by atoms with Crippen molar-refractivity contribution >= 4 is 0 Å². The van der Waals surface area contributed by atoms with Crippen molar-refractivity contribution in [2.45, 2.75) is 56.5 Å². The van der Waals surface area contributed by atoms with Gasteiger partial charge in [0.2, 0.25) is 5.89 Å². The summed E-state index contributed by atoms with van der Waals surface area (Å²) in [6.45, 7) is 3.17. The average molecular weight is 326 g/mol. The third kappa shape index (κ3) is 3.23. The van der Waals surface area contributed by atoms with Gasteiger partial charge in [-0.05, 0) is 44.3 Å². The molecule has 2 N–H and O–H groups in total. The van der Waals surface area contributed by atoms with Crippen LogP contribution in [0.15, 0.2) is 34.9 Å². The molecule has 1 aliphatic heterocycles. The van der Waals surface area contributed by atoms with Crippen LogP contribution in [0.5, 0.6) is 0 Å². The number of hydrogen-bond donors (Lipinski definition) is 1. The fourth-order valence-corrected chi connectivity index (χ4v) is 4.01. The molecule has 1 aliphatic carbocycles. The van der Waals surface area contributed by atoms with Gasteiger partial charge in [0, 0.05) is 12.5 Å². The Kier molecular flexibility index (Phi) is 4.37. The second-order valence-electron chi connectivity index (χ2n) is 7.36. The Morgan fingerprint density at radius 3 is 2.54 bits per heavy atom. The van der Waals surface area contributed by atoms with Crippen molar-refractivity contribution in [1.29, 1.82) is 0 Å². The van der Waals surface area contributed by atoms with Gasteiger partial charge in [0.15, 0.2) is 5.82 Å². The van der Waals surface area contributed by atoms with Crippen LogP contribution in [0.4, 0.5) is 0 Å². The first-order valence-electron chi connectivity index (χ1n) is 9.12. The molecule has 0 atom stereocenters. The second kappa shape index (κ2) is 6.65. The lowest BCUT2D eigenvalue weighted by Gasteiger charge is -2.30. The van der Waals surface area contributed by atoms with Crippen LogP contribution in [-0.4, -0.2) is 28.1 Å². The van der Waals surface area contributed by atoms with Gasteiger partial charge in [-0.1, -0.05) is 48.3 Å². The molecule has 5 nitrogen and oxygen atoms in total. The van der Waals surface area contributed by atoms with Crippen LogP contribution < -0.4 is 5.73 Å². The molecule has 0 unspecified atom stereocenters. The predicted molar refractivity (Wildman–Crippen MR) is 92.3 cm³/mol. The monoisotopic (exact) mass is 326 g/mol. The molecule has 0 bridgehead atoms. The van der Waals surface area contributed by atoms with Gasteiger partial charge in [0.25, 0.3) is 0 Å². The topological polar surface area (TPSA) is 68.2 Å². The van der Waals surface area contributed by atoms with E-state index >= 15 is 0 Å². The molecule has 2 aromatic rings. The lowest BCUT2D eigenvalue weighted by molar-refractivity contribution is 0.187. The molecule has 2 aliphatic rings. The number of hydrogen-bond acceptors (Lipinski definition) is 5. The Hall–Kier alpha value is -1.72. The molecule has 2 fully saturated rings. The van der Waals surface area contributed by atoms with Gasteiger partial charge in [0.1, 0.15) is 0 Å². The fourth-order valence-electron chi connectivity index (χ4n) is 4.01. The highest BCUT2D eigenvalue weighted by molar-refractivity contribution is 5.14. The highest BCUT2D eigenvalue weighted by atomic mass is 16.5. The zero-order valence-corrected chi connectivity index (χ0v) is 14.2. The molecule has 1 saturated carbocycles. The van der Waals surface area contributed by atoms with E-state index in [0.717, 1.165) is 69.9 Å². The van der Waals surface area contributed by atoms with E-state index in [0.29, 0.717) is 5.92 Å². The third-order valence-corrected chi connectivity index (χ3v) is 5.57. The van der Waals surface area contributed by atoms with Crippen LogP contribution in [0.3, 0.4) is 0 Å². The molecule has 0 spiro atoms. The van der Waals surface area contributed by atoms with Gasteiger partial charge in [-0.25, -0.2) is 0 Å². The summed E-state index contributed by atoms with van der Waals surface area (Å²) < 4.78 is 5.58. The van der Waals surface area contributed by atoms with Crippen LogP contribution in [0, 0.1) is 0 Å². The van der Waals surface area contributed by atoms with Gasteiger partial charge >= 0.3 is 0 Å². The van der Waals surface area contributed by atoms with Crippen molar-refractivity contribution in [1.82, 2.24) is 15.0 Å². The van der Waals surface area contributed by atoms with E-state index < -0.39 is 0 Å². The summed E-state index contributed by atoms with van der Waals surface area (Å²) in [5, 5.41) is 4.21. The lowest BCUT2D eigenvalue weighted by atomic mass is 9.95. The minimum atomic E-state index is -0.351. The molecule has 4 rings (SSSR count). The Balaban J connectivity index is 1.35. The number of aromatic nitrogens is 2. The summed E-state index contributed by atoms with van der Waals surface area (Å²) in [7, 11) is 0. The molecule has 5 heteroatoms. The Labute approximate surface area is 143 Å². The zero-order valence-electron chi connectivity index (χ0n) is 14.2. The van der Waals surface area contributed by atoms with E-state index in [-0.39, 0.29) is 5.54 Å². The smallest absolute Gasteiger partial charge is 0.229 e. The summed E-state index contributed by atoms with van der Waals surface area (Å²) in [4.78, 5) is 7.18. The number of nitrogens with two attached hydrogens (primary N) is 1. The van der Waals surface area contributed by atoms with E-state index in [9.17, 15) is 0 Å². The first-order valence-corrected chi connectivity index (χ1v) is 9.12. The number of rotatable bonds is 4. The molecule has 24 heavy (non-hydrogen) atoms. The first-order chi connectivity index (χ1) is 11.7. The standard InChI is InChI=1S/C19H26N4O/c20-19(10-4-5-11-19)18-21-17(24-22-18)16-8-12-23(13-9-16)14-15-6-2-1-3-7-15/h1-3,6-7,16H,4-5,8-14,20H2. The van der Waals surface area contributed by atoms with Crippen molar-refractivity contribution in [3.05, 3.63) is 47.6 Å². The largest absolute Gasteiger partial charge is 0.339 e. The Bertz CT molecular complexity index is 655. The molecule has 0 radical (unpaired) electrons. The minimum absolute atomic E-state index is 0.351. The summed E-state index contributed by atoms with van der Waals surface area (Å²) in [5.41, 5.74) is 7.46. The Morgan fingerprint density at radius 1 is 1.12 bits per heavy atom. The number of nitrogens with zero attached hydrogens (tertiary/aromatic N) is 3. The van der Waals surface area contributed by atoms with E-state index in [2.05, 4.69) is 45.4 Å². The highest BCUT2D eigenvalue weighted by Gasteiger charge is 2.37. The van der Waals surface area contributed by atoms with Gasteiger partial charge < -0.3 is 10.3 Å². The molecular weight excluding hydrogens is 300 g/mol. The highest BCUT2D eigenvalue weighted by Crippen LogP contribution is 2.36. The quantitative estimate of drug-likeness (QED) is 0.934. The molecule has 128 valence electrons. The van der Waals surface area contributed by atoms with Crippen molar-refractivity contribution in [3.8, 4) is 0 Å². The number of likely N-dealkylation sites (tertiary alicyclic amines) is 1. The summed E-state index contributed by atoms with van der Waals surface area (Å²) >= 11 is 0. The van der Waals surface area contributed by atoms with Crippen LogP contribution in [-0.2, 0) is 12.1 Å². The molecule has 1 aromatic heterocycles. The van der Waals surface area contributed by atoms with E-state index in [1.807, 2.05) is 0 Å². The van der Waals surface area contributed by atoms with Crippen molar-refractivity contribution in [2.75, 3.05) is 13.1 Å². The van der Waals surface area contributed by atoms with Gasteiger partial charge in [-0.3, -0.25) is 4.90 Å². The maximum atomic E-state index is 6.44.